The lowest BCUT2D eigenvalue weighted by Gasteiger charge is -2.36. The number of carboxylic acids is 1. The summed E-state index contributed by atoms with van der Waals surface area (Å²) >= 11 is 0. The van der Waals surface area contributed by atoms with Gasteiger partial charge in [0.15, 0.2) is 0 Å². The Kier molecular flexibility index (Phi) is 13.4. The van der Waals surface area contributed by atoms with Crippen molar-refractivity contribution in [1.29, 1.82) is 0 Å². The van der Waals surface area contributed by atoms with Crippen LogP contribution in [0.1, 0.15) is 83.7 Å². The predicted molar refractivity (Wildman–Crippen MR) is 209 cm³/mol. The summed E-state index contributed by atoms with van der Waals surface area (Å²) in [6.07, 6.45) is -0.557. The Morgan fingerprint density at radius 2 is 1.84 bits per heavy atom. The number of hydrogen-bond acceptors (Lipinski definition) is 9. The van der Waals surface area contributed by atoms with Gasteiger partial charge in [0.1, 0.15) is 24.2 Å². The van der Waals surface area contributed by atoms with E-state index in [0.29, 0.717) is 65.8 Å². The Morgan fingerprint density at radius 3 is 2.49 bits per heavy atom. The summed E-state index contributed by atoms with van der Waals surface area (Å²) in [6.45, 7) is 10.4. The molecule has 1 fully saturated rings. The molecular weight excluding hydrogens is 745 g/mol. The summed E-state index contributed by atoms with van der Waals surface area (Å²) in [5.74, 6) is -1.59. The number of carbonyl (C=O) groups excluding carboxylic acids is 2. The first kappa shape index (κ1) is 43.6. The zero-order valence-corrected chi connectivity index (χ0v) is 33.7. The number of carbonyl (C=O) groups is 3. The van der Waals surface area contributed by atoms with Crippen LogP contribution in [0, 0.1) is 5.41 Å². The van der Waals surface area contributed by atoms with Crippen molar-refractivity contribution in [3.8, 4) is 11.3 Å². The maximum atomic E-state index is 14.4. The number of hydrazine groups is 1. The molecule has 0 aliphatic carbocycles. The number of carboxylic acid groups (broad SMARTS) is 1. The highest BCUT2D eigenvalue weighted by atomic mass is 19.4. The Morgan fingerprint density at radius 1 is 1.11 bits per heavy atom. The average molecular weight is 801 g/mol. The topological polar surface area (TPSA) is 158 Å². The number of alkyl halides is 3. The summed E-state index contributed by atoms with van der Waals surface area (Å²) < 4.78 is 55.6. The molecule has 4 N–H and O–H groups in total. The Bertz CT molecular complexity index is 1970. The van der Waals surface area contributed by atoms with E-state index >= 15 is 0 Å². The Balaban J connectivity index is 1.54. The molecular formula is C41H55F3N6O7. The second-order valence-electron chi connectivity index (χ2n) is 16.7. The summed E-state index contributed by atoms with van der Waals surface area (Å²) in [5.41, 5.74) is 5.28. The molecule has 2 aromatic heterocycles. The molecule has 2 amide bonds. The van der Waals surface area contributed by atoms with Gasteiger partial charge in [-0.2, -0.15) is 13.2 Å². The molecule has 0 radical (unpaired) electrons. The third kappa shape index (κ3) is 10.9. The fourth-order valence-electron chi connectivity index (χ4n) is 7.42. The zero-order valence-electron chi connectivity index (χ0n) is 33.7. The molecule has 2 unspecified atom stereocenters. The van der Waals surface area contributed by atoms with Crippen LogP contribution in [0.5, 0.6) is 0 Å². The first-order valence-electron chi connectivity index (χ1n) is 19.2. The lowest BCUT2D eigenvalue weighted by molar-refractivity contribution is -0.148. The van der Waals surface area contributed by atoms with Gasteiger partial charge in [-0.1, -0.05) is 26.0 Å². The number of nitrogens with zero attached hydrogens (tertiary/aromatic N) is 4. The third-order valence-electron chi connectivity index (χ3n) is 10.2. The summed E-state index contributed by atoms with van der Waals surface area (Å²) in [4.78, 5) is 45.1. The van der Waals surface area contributed by atoms with Gasteiger partial charge in [0.2, 0.25) is 0 Å². The van der Waals surface area contributed by atoms with Gasteiger partial charge >= 0.3 is 18.2 Å². The second-order valence-corrected chi connectivity index (χ2v) is 16.7. The van der Waals surface area contributed by atoms with Crippen LogP contribution in [-0.4, -0.2) is 111 Å². The molecule has 1 aromatic carbocycles. The molecule has 0 saturated carbocycles. The molecule has 3 aromatic rings. The molecule has 4 heterocycles. The molecule has 5 rings (SSSR count). The summed E-state index contributed by atoms with van der Waals surface area (Å²) in [6, 6.07) is 6.79. The first-order valence-corrected chi connectivity index (χ1v) is 19.2. The van der Waals surface area contributed by atoms with Gasteiger partial charge in [0, 0.05) is 62.6 Å². The van der Waals surface area contributed by atoms with Crippen molar-refractivity contribution in [1.82, 2.24) is 30.2 Å². The SMILES string of the molecule is COC(C)c1ncccc1-c1c(CC(C)(C)CO)c2cc(C3=CCCN(CC(NC(=O)OC(C)(C)C)C(=O)N4CCC[C@@H](C(=O)O)N4)C3)ccc2n1CC(F)(F)F. The van der Waals surface area contributed by atoms with Crippen LogP contribution in [-0.2, 0) is 32.0 Å². The van der Waals surface area contributed by atoms with E-state index in [1.807, 2.05) is 24.8 Å². The minimum atomic E-state index is -4.55. The van der Waals surface area contributed by atoms with Crippen LogP contribution >= 0.6 is 0 Å². The van der Waals surface area contributed by atoms with Crippen molar-refractivity contribution in [2.24, 2.45) is 5.41 Å². The standard InChI is InChI=1S/C41H55F3N6O7/c1-25(56-7)34-28(12-8-16-45-34)35-30(20-40(5,6)24-51)29-19-26(14-15-33(29)49(35)23-41(42,43)44)27-11-9-17-48(21-27)22-32(46-38(55)57-39(2,3)4)36(52)50-18-10-13-31(47-50)37(53)54/h8,11-12,14-16,19,25,31-32,47,51H,9-10,13,17-18,20-24H2,1-7H3,(H,46,55)(H,53,54)/t25?,31-,32?/m0/s1. The maximum absolute atomic E-state index is 14.4. The van der Waals surface area contributed by atoms with E-state index in [0.717, 1.165) is 11.1 Å². The van der Waals surface area contributed by atoms with E-state index in [2.05, 4.69) is 21.8 Å². The fourth-order valence-corrected chi connectivity index (χ4v) is 7.42. The number of aliphatic hydroxyl groups is 1. The molecule has 2 aliphatic heterocycles. The van der Waals surface area contributed by atoms with E-state index in [1.54, 1.807) is 58.2 Å². The van der Waals surface area contributed by atoms with Crippen molar-refractivity contribution in [2.75, 3.05) is 39.9 Å². The number of benzene rings is 1. The highest BCUT2D eigenvalue weighted by molar-refractivity contribution is 5.95. The highest BCUT2D eigenvalue weighted by Gasteiger charge is 2.36. The molecule has 0 bridgehead atoms. The number of ether oxygens (including phenoxy) is 2. The molecule has 2 aliphatic rings. The zero-order chi connectivity index (χ0) is 41.9. The largest absolute Gasteiger partial charge is 0.480 e. The number of aliphatic hydroxyl groups excluding tert-OH is 1. The highest BCUT2D eigenvalue weighted by Crippen LogP contribution is 2.42. The van der Waals surface area contributed by atoms with Gasteiger partial charge < -0.3 is 29.6 Å². The van der Waals surface area contributed by atoms with Gasteiger partial charge in [-0.15, -0.1) is 0 Å². The monoisotopic (exact) mass is 800 g/mol. The number of pyridine rings is 1. The number of aromatic nitrogens is 2. The normalized spacial score (nSPS) is 18.3. The molecule has 1 saturated heterocycles. The Hall–Kier alpha value is -4.51. The number of halogens is 3. The van der Waals surface area contributed by atoms with Gasteiger partial charge in [-0.25, -0.2) is 10.2 Å². The van der Waals surface area contributed by atoms with E-state index in [-0.39, 0.29) is 26.1 Å². The third-order valence-corrected chi connectivity index (χ3v) is 10.2. The molecule has 13 nitrogen and oxygen atoms in total. The molecule has 3 atom stereocenters. The van der Waals surface area contributed by atoms with Crippen LogP contribution in [0.25, 0.3) is 27.7 Å². The first-order chi connectivity index (χ1) is 26.7. The van der Waals surface area contributed by atoms with Gasteiger partial charge in [0.05, 0.1) is 17.5 Å². The number of aliphatic carboxylic acids is 1. The van der Waals surface area contributed by atoms with Gasteiger partial charge in [0.25, 0.3) is 5.91 Å². The lowest BCUT2D eigenvalue weighted by Crippen LogP contribution is -2.62. The number of nitrogens with one attached hydrogen (secondary N) is 2. The molecule has 0 spiro atoms. The van der Waals surface area contributed by atoms with E-state index in [4.69, 9.17) is 9.47 Å². The molecule has 312 valence electrons. The minimum Gasteiger partial charge on any atom is -0.480 e. The fraction of sp³-hybridized carbons (Fsp3) is 0.561. The average Bonchev–Trinajstić information content (AvgIpc) is 3.42. The smallest absolute Gasteiger partial charge is 0.408 e. The quantitative estimate of drug-likeness (QED) is 0.159. The number of fused-ring (bicyclic) bond motifs is 1. The van der Waals surface area contributed by atoms with Crippen LogP contribution < -0.4 is 10.7 Å². The van der Waals surface area contributed by atoms with E-state index in [1.165, 1.54) is 16.7 Å². The number of alkyl carbamates (subject to hydrolysis) is 1. The number of rotatable bonds is 13. The Labute approximate surface area is 331 Å². The van der Waals surface area contributed by atoms with Crippen molar-refractivity contribution >= 4 is 34.4 Å². The van der Waals surface area contributed by atoms with Gasteiger partial charge in [-0.05, 0) is 99.8 Å². The minimum absolute atomic E-state index is 0.0805. The van der Waals surface area contributed by atoms with Crippen LogP contribution in [0.3, 0.4) is 0 Å². The van der Waals surface area contributed by atoms with E-state index < -0.39 is 59.9 Å². The van der Waals surface area contributed by atoms with Crippen molar-refractivity contribution in [2.45, 2.75) is 104 Å². The molecule has 16 heteroatoms. The van der Waals surface area contributed by atoms with Crippen molar-refractivity contribution in [3.63, 3.8) is 0 Å². The predicted octanol–water partition coefficient (Wildman–Crippen LogP) is 6.10. The lowest BCUT2D eigenvalue weighted by atomic mass is 9.84. The van der Waals surface area contributed by atoms with Gasteiger partial charge in [-0.3, -0.25) is 24.5 Å². The van der Waals surface area contributed by atoms with Crippen molar-refractivity contribution < 1.29 is 47.2 Å². The number of amides is 2. The van der Waals surface area contributed by atoms with Crippen LogP contribution in [0.2, 0.25) is 0 Å². The van der Waals surface area contributed by atoms with Crippen LogP contribution in [0.15, 0.2) is 42.6 Å². The maximum Gasteiger partial charge on any atom is 0.408 e. The number of hydrogen-bond donors (Lipinski definition) is 4. The summed E-state index contributed by atoms with van der Waals surface area (Å²) in [7, 11) is 1.52. The number of methoxy groups -OCH3 is 1. The van der Waals surface area contributed by atoms with E-state index in [9.17, 15) is 37.8 Å². The molecule has 57 heavy (non-hydrogen) atoms. The van der Waals surface area contributed by atoms with Crippen molar-refractivity contribution in [3.05, 3.63) is 59.4 Å². The summed E-state index contributed by atoms with van der Waals surface area (Å²) in [5, 5.41) is 24.5. The van der Waals surface area contributed by atoms with Crippen LogP contribution in [0.4, 0.5) is 18.0 Å². The second kappa shape index (κ2) is 17.5.